The topological polar surface area (TPSA) is 51.2 Å². The lowest BCUT2D eigenvalue weighted by Gasteiger charge is -2.51. The van der Waals surface area contributed by atoms with E-state index in [1.807, 2.05) is 0 Å². The van der Waals surface area contributed by atoms with Gasteiger partial charge in [-0.2, -0.15) is 0 Å². The highest BCUT2D eigenvalue weighted by molar-refractivity contribution is 5.89. The molecule has 168 valence electrons. The van der Waals surface area contributed by atoms with Crippen LogP contribution in [0.25, 0.3) is 0 Å². The standard InChI is InChI=1S/C28H34N2O2/c1-18-16-20(9-11-26(31)30-25-17-21(32-3)13-15-29-25)27-24-10-8-19-6-4-5-7-22(19)23(24)12-14-28(18,27)2/h4-7,13,15,17,20,23-24,27H,1,8-12,14,16H2,2-3H3,(H,29,30,31)/t20-,23?,24?,27?,28-/m1/s1. The van der Waals surface area contributed by atoms with Crippen molar-refractivity contribution in [1.29, 1.82) is 0 Å². The molecule has 1 amide bonds. The molecule has 1 N–H and O–H groups in total. The summed E-state index contributed by atoms with van der Waals surface area (Å²) in [5.41, 5.74) is 4.78. The summed E-state index contributed by atoms with van der Waals surface area (Å²) in [6, 6.07) is 12.6. The maximum atomic E-state index is 12.7. The van der Waals surface area contributed by atoms with Crippen molar-refractivity contribution in [2.24, 2.45) is 23.2 Å². The molecule has 4 nitrogen and oxygen atoms in total. The van der Waals surface area contributed by atoms with Gasteiger partial charge in [0.2, 0.25) is 5.91 Å². The molecule has 1 aromatic carbocycles. The van der Waals surface area contributed by atoms with Crippen LogP contribution < -0.4 is 10.1 Å². The molecule has 1 heterocycles. The Morgan fingerprint density at radius 1 is 1.28 bits per heavy atom. The van der Waals surface area contributed by atoms with Crippen LogP contribution in [-0.4, -0.2) is 18.0 Å². The number of amides is 1. The molecule has 5 atom stereocenters. The second kappa shape index (κ2) is 8.38. The quantitative estimate of drug-likeness (QED) is 0.579. The summed E-state index contributed by atoms with van der Waals surface area (Å²) in [5.74, 6) is 3.82. The Labute approximate surface area is 191 Å². The lowest BCUT2D eigenvalue weighted by Crippen LogP contribution is -2.42. The summed E-state index contributed by atoms with van der Waals surface area (Å²) in [5, 5.41) is 2.95. The molecule has 2 saturated carbocycles. The van der Waals surface area contributed by atoms with Gasteiger partial charge < -0.3 is 10.1 Å². The first-order valence-electron chi connectivity index (χ1n) is 12.1. The molecular formula is C28H34N2O2. The minimum Gasteiger partial charge on any atom is -0.497 e. The number of allylic oxidation sites excluding steroid dienone is 1. The molecule has 0 saturated heterocycles. The predicted octanol–water partition coefficient (Wildman–Crippen LogP) is 6.15. The molecule has 32 heavy (non-hydrogen) atoms. The molecule has 2 fully saturated rings. The van der Waals surface area contributed by atoms with Crippen LogP contribution in [-0.2, 0) is 11.2 Å². The number of benzene rings is 1. The van der Waals surface area contributed by atoms with Gasteiger partial charge in [-0.1, -0.05) is 43.3 Å². The highest BCUT2D eigenvalue weighted by Crippen LogP contribution is 2.65. The highest BCUT2D eigenvalue weighted by Gasteiger charge is 2.55. The van der Waals surface area contributed by atoms with Crippen LogP contribution in [0.5, 0.6) is 5.75 Å². The Balaban J connectivity index is 1.30. The number of ether oxygens (including phenoxy) is 1. The first kappa shape index (κ1) is 21.2. The molecule has 3 aliphatic carbocycles. The van der Waals surface area contributed by atoms with E-state index in [1.54, 1.807) is 36.6 Å². The van der Waals surface area contributed by atoms with Gasteiger partial charge >= 0.3 is 0 Å². The minimum absolute atomic E-state index is 0.0336. The van der Waals surface area contributed by atoms with Gasteiger partial charge in [-0.25, -0.2) is 4.98 Å². The molecule has 3 unspecified atom stereocenters. The Morgan fingerprint density at radius 3 is 2.97 bits per heavy atom. The number of nitrogens with zero attached hydrogens (tertiary/aromatic N) is 1. The number of aryl methyl sites for hydroxylation is 1. The van der Waals surface area contributed by atoms with E-state index < -0.39 is 0 Å². The molecule has 5 rings (SSSR count). The van der Waals surface area contributed by atoms with Crippen molar-refractivity contribution < 1.29 is 9.53 Å². The number of nitrogens with one attached hydrogen (secondary N) is 1. The Morgan fingerprint density at radius 2 is 2.12 bits per heavy atom. The van der Waals surface area contributed by atoms with Gasteiger partial charge in [0, 0.05) is 18.7 Å². The van der Waals surface area contributed by atoms with Crippen LogP contribution in [0.4, 0.5) is 5.82 Å². The average molecular weight is 431 g/mol. The van der Waals surface area contributed by atoms with Gasteiger partial charge in [-0.3, -0.25) is 4.79 Å². The maximum Gasteiger partial charge on any atom is 0.225 e. The molecule has 0 aliphatic heterocycles. The zero-order valence-electron chi connectivity index (χ0n) is 19.3. The van der Waals surface area contributed by atoms with Crippen LogP contribution >= 0.6 is 0 Å². The molecule has 0 radical (unpaired) electrons. The number of methoxy groups -OCH3 is 1. The van der Waals surface area contributed by atoms with Gasteiger partial charge in [-0.15, -0.1) is 0 Å². The molecule has 0 bridgehead atoms. The third-order valence-electron chi connectivity index (χ3n) is 8.69. The predicted molar refractivity (Wildman–Crippen MR) is 128 cm³/mol. The minimum atomic E-state index is 0.0336. The average Bonchev–Trinajstić information content (AvgIpc) is 3.07. The van der Waals surface area contributed by atoms with E-state index in [4.69, 9.17) is 4.74 Å². The molecule has 3 aliphatic rings. The van der Waals surface area contributed by atoms with Crippen molar-refractivity contribution in [3.8, 4) is 5.75 Å². The smallest absolute Gasteiger partial charge is 0.225 e. The maximum absolute atomic E-state index is 12.7. The van der Waals surface area contributed by atoms with Crippen molar-refractivity contribution in [2.45, 2.75) is 57.8 Å². The highest BCUT2D eigenvalue weighted by atomic mass is 16.5. The number of pyridine rings is 1. The zero-order valence-corrected chi connectivity index (χ0v) is 19.3. The first-order valence-corrected chi connectivity index (χ1v) is 12.1. The zero-order chi connectivity index (χ0) is 22.3. The monoisotopic (exact) mass is 430 g/mol. The summed E-state index contributed by atoms with van der Waals surface area (Å²) in [4.78, 5) is 17.0. The molecular weight excluding hydrogens is 396 g/mol. The summed E-state index contributed by atoms with van der Waals surface area (Å²) >= 11 is 0. The number of carbonyl (C=O) groups excluding carboxylic acids is 1. The van der Waals surface area contributed by atoms with Crippen LogP contribution in [0.2, 0.25) is 0 Å². The fourth-order valence-electron chi connectivity index (χ4n) is 7.14. The fraction of sp³-hybridized carbons (Fsp3) is 0.500. The van der Waals surface area contributed by atoms with Crippen LogP contribution in [0.15, 0.2) is 54.7 Å². The van der Waals surface area contributed by atoms with Crippen molar-refractivity contribution in [3.05, 3.63) is 65.9 Å². The summed E-state index contributed by atoms with van der Waals surface area (Å²) in [7, 11) is 1.62. The number of hydrogen-bond acceptors (Lipinski definition) is 3. The number of aromatic nitrogens is 1. The Kier molecular flexibility index (Phi) is 5.56. The normalized spacial score (nSPS) is 30.8. The van der Waals surface area contributed by atoms with E-state index in [1.165, 1.54) is 31.3 Å². The Hall–Kier alpha value is -2.62. The summed E-state index contributed by atoms with van der Waals surface area (Å²) < 4.78 is 5.23. The second-order valence-corrected chi connectivity index (χ2v) is 10.2. The number of fused-ring (bicyclic) bond motifs is 5. The van der Waals surface area contributed by atoms with Gasteiger partial charge in [-0.05, 0) is 84.8 Å². The van der Waals surface area contributed by atoms with E-state index in [0.717, 1.165) is 12.8 Å². The molecule has 2 aromatic rings. The largest absolute Gasteiger partial charge is 0.497 e. The van der Waals surface area contributed by atoms with Gasteiger partial charge in [0.05, 0.1) is 7.11 Å². The van der Waals surface area contributed by atoms with Gasteiger partial charge in [0.1, 0.15) is 11.6 Å². The van der Waals surface area contributed by atoms with Crippen molar-refractivity contribution in [1.82, 2.24) is 4.98 Å². The summed E-state index contributed by atoms with van der Waals surface area (Å²) in [6.45, 7) is 6.99. The van der Waals surface area contributed by atoms with E-state index in [0.29, 0.717) is 41.7 Å². The second-order valence-electron chi connectivity index (χ2n) is 10.2. The number of rotatable bonds is 5. The van der Waals surface area contributed by atoms with Crippen LogP contribution in [0.1, 0.15) is 62.5 Å². The first-order chi connectivity index (χ1) is 15.5. The summed E-state index contributed by atoms with van der Waals surface area (Å²) in [6.07, 6.45) is 9.11. The third-order valence-corrected chi connectivity index (χ3v) is 8.69. The van der Waals surface area contributed by atoms with Crippen molar-refractivity contribution >= 4 is 11.7 Å². The molecule has 1 aromatic heterocycles. The van der Waals surface area contributed by atoms with Crippen LogP contribution in [0, 0.1) is 23.2 Å². The number of hydrogen-bond donors (Lipinski definition) is 1. The Bertz CT molecular complexity index is 1030. The molecule has 4 heteroatoms. The van der Waals surface area contributed by atoms with E-state index in [9.17, 15) is 4.79 Å². The third kappa shape index (κ3) is 3.64. The lowest BCUT2D eigenvalue weighted by atomic mass is 9.53. The van der Waals surface area contributed by atoms with Crippen LogP contribution in [0.3, 0.4) is 0 Å². The van der Waals surface area contributed by atoms with Crippen molar-refractivity contribution in [3.63, 3.8) is 0 Å². The lowest BCUT2D eigenvalue weighted by molar-refractivity contribution is -0.116. The fourth-order valence-corrected chi connectivity index (χ4v) is 7.14. The number of carbonyl (C=O) groups is 1. The number of anilines is 1. The van der Waals surface area contributed by atoms with Gasteiger partial charge in [0.25, 0.3) is 0 Å². The van der Waals surface area contributed by atoms with E-state index in [-0.39, 0.29) is 11.3 Å². The van der Waals surface area contributed by atoms with E-state index in [2.05, 4.69) is 48.1 Å². The van der Waals surface area contributed by atoms with Gasteiger partial charge in [0.15, 0.2) is 0 Å². The van der Waals surface area contributed by atoms with Crippen molar-refractivity contribution in [2.75, 3.05) is 12.4 Å². The molecule has 0 spiro atoms. The van der Waals surface area contributed by atoms with E-state index >= 15 is 0 Å². The SMILES string of the molecule is C=C1C[C@@H](CCC(=O)Nc2cc(OC)ccn2)C2C3CCc4ccccc4C3CC[C@]12C.